The molecule has 8 nitrogen and oxygen atoms in total. The highest BCUT2D eigenvalue weighted by atomic mass is 32.2. The molecule has 1 heterocycles. The Morgan fingerprint density at radius 3 is 2.09 bits per heavy atom. The summed E-state index contributed by atoms with van der Waals surface area (Å²) in [6.07, 6.45) is -5.57. The summed E-state index contributed by atoms with van der Waals surface area (Å²) >= 11 is 0.219. The summed E-state index contributed by atoms with van der Waals surface area (Å²) in [5.74, 6) is -2.90. The van der Waals surface area contributed by atoms with Gasteiger partial charge in [-0.05, 0) is 31.2 Å². The molecule has 0 saturated heterocycles. The number of ether oxygens (including phenoxy) is 2. The normalized spacial score (nSPS) is 12.4. The van der Waals surface area contributed by atoms with Crippen LogP contribution in [0.1, 0.15) is 35.6 Å². The molecule has 2 aromatic rings. The summed E-state index contributed by atoms with van der Waals surface area (Å²) < 4.78 is 111. The maximum atomic E-state index is 13.2. The van der Waals surface area contributed by atoms with Crippen molar-refractivity contribution >= 4 is 38.9 Å². The molecule has 0 spiro atoms. The highest BCUT2D eigenvalue weighted by Crippen LogP contribution is 2.39. The van der Waals surface area contributed by atoms with Gasteiger partial charge in [0.25, 0.3) is 5.19 Å². The Kier molecular flexibility index (Phi) is 7.63. The van der Waals surface area contributed by atoms with Crippen molar-refractivity contribution in [3.8, 4) is 10.9 Å². The Balaban J connectivity index is 2.39. The number of nitrogens with zero attached hydrogens (tertiary/aromatic N) is 2. The lowest BCUT2D eigenvalue weighted by molar-refractivity contribution is -0.141. The zero-order chi connectivity index (χ0) is 25.2. The Morgan fingerprint density at radius 2 is 1.64 bits per heavy atom. The average molecular weight is 520 g/mol. The van der Waals surface area contributed by atoms with Crippen molar-refractivity contribution in [1.82, 2.24) is 4.98 Å². The summed E-state index contributed by atoms with van der Waals surface area (Å²) in [5, 5.41) is -0.637. The number of hydrogen-bond donors (Lipinski definition) is 0. The van der Waals surface area contributed by atoms with Crippen molar-refractivity contribution in [3.63, 3.8) is 0 Å². The fraction of sp³-hybridized carbons (Fsp3) is 0.353. The number of carbonyl (C=O) groups excluding carboxylic acids is 2. The number of aromatic nitrogens is 1. The highest BCUT2D eigenvalue weighted by molar-refractivity contribution is 7.94. The second-order valence-electron chi connectivity index (χ2n) is 5.93. The van der Waals surface area contributed by atoms with E-state index in [4.69, 9.17) is 4.74 Å². The minimum absolute atomic E-state index is 0.195. The van der Waals surface area contributed by atoms with Gasteiger partial charge in [0.15, 0.2) is 5.69 Å². The van der Waals surface area contributed by atoms with Gasteiger partial charge in [-0.3, -0.25) is 4.79 Å². The number of hydrogen-bond acceptors (Lipinski definition) is 8. The van der Waals surface area contributed by atoms with Crippen LogP contribution in [0.15, 0.2) is 24.3 Å². The van der Waals surface area contributed by atoms with Crippen LogP contribution in [0.25, 0.3) is 0 Å². The third-order valence-corrected chi connectivity index (χ3v) is 6.07. The molecule has 16 heteroatoms. The quantitative estimate of drug-likeness (QED) is 0.384. The minimum Gasteiger partial charge on any atom is -0.462 e. The molecule has 2 rings (SSSR count). The molecule has 0 atom stereocenters. The van der Waals surface area contributed by atoms with E-state index >= 15 is 0 Å². The second kappa shape index (κ2) is 9.54. The molecule has 0 bridgehead atoms. The molecule has 33 heavy (non-hydrogen) atoms. The van der Waals surface area contributed by atoms with Gasteiger partial charge in [-0.2, -0.15) is 44.0 Å². The van der Waals surface area contributed by atoms with Crippen molar-refractivity contribution in [2.75, 3.05) is 10.9 Å². The number of alkyl halides is 6. The fourth-order valence-corrected chi connectivity index (χ4v) is 4.14. The number of amides is 1. The standard InChI is InChI=1S/C17H14F6N2O6S2/c1-3-11(26)25(33(28,29)17(21,22)23)9-5-7-10(8-6-9)31-15-24-13(16(18,19)20)12(32-15)14(27)30-4-2/h5-8H,3-4H2,1-2H3. The third kappa shape index (κ3) is 5.73. The van der Waals surface area contributed by atoms with Crippen molar-refractivity contribution in [3.05, 3.63) is 34.8 Å². The van der Waals surface area contributed by atoms with E-state index in [0.717, 1.165) is 31.2 Å². The number of anilines is 1. The summed E-state index contributed by atoms with van der Waals surface area (Å²) in [4.78, 5) is 26.0. The van der Waals surface area contributed by atoms with Gasteiger partial charge < -0.3 is 9.47 Å². The molecule has 0 unspecified atom stereocenters. The van der Waals surface area contributed by atoms with E-state index in [1.54, 1.807) is 0 Å². The van der Waals surface area contributed by atoms with Crippen LogP contribution in [0.4, 0.5) is 32.0 Å². The zero-order valence-corrected chi connectivity index (χ0v) is 18.3. The molecule has 0 radical (unpaired) electrons. The molecule has 1 aromatic heterocycles. The Hall–Kier alpha value is -2.88. The topological polar surface area (TPSA) is 103 Å². The number of halogens is 6. The molecule has 182 valence electrons. The third-order valence-electron chi connectivity index (χ3n) is 3.68. The summed E-state index contributed by atoms with van der Waals surface area (Å²) in [5.41, 5.74) is -7.98. The van der Waals surface area contributed by atoms with Crippen molar-refractivity contribution in [2.24, 2.45) is 0 Å². The van der Waals surface area contributed by atoms with E-state index in [1.807, 2.05) is 0 Å². The van der Waals surface area contributed by atoms with Crippen LogP contribution >= 0.6 is 11.3 Å². The van der Waals surface area contributed by atoms with Crippen LogP contribution in [0.2, 0.25) is 0 Å². The van der Waals surface area contributed by atoms with Crippen molar-refractivity contribution in [1.29, 1.82) is 0 Å². The van der Waals surface area contributed by atoms with Crippen molar-refractivity contribution in [2.45, 2.75) is 32.0 Å². The number of thiazole rings is 1. The van der Waals surface area contributed by atoms with Gasteiger partial charge in [-0.25, -0.2) is 4.79 Å². The molecule has 0 aliphatic carbocycles. The highest BCUT2D eigenvalue weighted by Gasteiger charge is 2.52. The first kappa shape index (κ1) is 26.4. The zero-order valence-electron chi connectivity index (χ0n) is 16.7. The predicted molar refractivity (Wildman–Crippen MR) is 102 cm³/mol. The SMILES string of the molecule is CCOC(=O)c1sc(Oc2ccc(N(C(=O)CC)S(=O)(=O)C(F)(F)F)cc2)nc1C(F)(F)F. The smallest absolute Gasteiger partial charge is 0.462 e. The van der Waals surface area contributed by atoms with Gasteiger partial charge in [0.2, 0.25) is 5.91 Å². The maximum absolute atomic E-state index is 13.2. The van der Waals surface area contributed by atoms with Gasteiger partial charge >= 0.3 is 27.7 Å². The van der Waals surface area contributed by atoms with Gasteiger partial charge in [-0.15, -0.1) is 0 Å². The second-order valence-corrected chi connectivity index (χ2v) is 8.67. The van der Waals surface area contributed by atoms with E-state index < -0.39 is 65.8 Å². The molecule has 0 fully saturated rings. The van der Waals surface area contributed by atoms with Crippen molar-refractivity contribution < 1.29 is 53.8 Å². The van der Waals surface area contributed by atoms with Crippen LogP contribution in [-0.2, 0) is 25.7 Å². The minimum atomic E-state index is -6.05. The van der Waals surface area contributed by atoms with Crippen LogP contribution in [0.3, 0.4) is 0 Å². The first-order chi connectivity index (χ1) is 15.1. The molecule has 1 amide bonds. The number of esters is 1. The lowest BCUT2D eigenvalue weighted by atomic mass is 10.3. The molecule has 0 N–H and O–H groups in total. The summed E-state index contributed by atoms with van der Waals surface area (Å²) in [6, 6.07) is 3.40. The van der Waals surface area contributed by atoms with Gasteiger partial charge in [-0.1, -0.05) is 18.3 Å². The molecule has 0 aliphatic rings. The van der Waals surface area contributed by atoms with Crippen LogP contribution in [0, 0.1) is 0 Å². The van der Waals surface area contributed by atoms with Crippen LogP contribution in [0.5, 0.6) is 10.9 Å². The van der Waals surface area contributed by atoms with Gasteiger partial charge in [0.1, 0.15) is 10.6 Å². The average Bonchev–Trinajstić information content (AvgIpc) is 3.13. The summed E-state index contributed by atoms with van der Waals surface area (Å²) in [6.45, 7) is 2.34. The van der Waals surface area contributed by atoms with E-state index in [2.05, 4.69) is 9.72 Å². The predicted octanol–water partition coefficient (Wildman–Crippen LogP) is 4.72. The molecular formula is C17H14F6N2O6S2. The van der Waals surface area contributed by atoms with Gasteiger partial charge in [0.05, 0.1) is 12.3 Å². The van der Waals surface area contributed by atoms with Gasteiger partial charge in [0, 0.05) is 6.42 Å². The number of benzene rings is 1. The monoisotopic (exact) mass is 520 g/mol. The maximum Gasteiger partial charge on any atom is 0.517 e. The first-order valence-electron chi connectivity index (χ1n) is 8.81. The first-order valence-corrected chi connectivity index (χ1v) is 11.1. The number of rotatable bonds is 7. The fourth-order valence-electron chi connectivity index (χ4n) is 2.29. The van der Waals surface area contributed by atoms with Crippen LogP contribution < -0.4 is 9.04 Å². The molecule has 1 aromatic carbocycles. The molecular weight excluding hydrogens is 506 g/mol. The Bertz CT molecular complexity index is 1130. The van der Waals surface area contributed by atoms with Crippen LogP contribution in [-0.4, -0.2) is 37.4 Å². The van der Waals surface area contributed by atoms with E-state index in [9.17, 15) is 44.3 Å². The lowest BCUT2D eigenvalue weighted by Crippen LogP contribution is -2.44. The van der Waals surface area contributed by atoms with E-state index in [1.165, 1.54) is 6.92 Å². The van der Waals surface area contributed by atoms with E-state index in [-0.39, 0.29) is 23.7 Å². The lowest BCUT2D eigenvalue weighted by Gasteiger charge is -2.23. The number of carbonyl (C=O) groups is 2. The molecule has 0 saturated carbocycles. The number of sulfonamides is 1. The summed E-state index contributed by atoms with van der Waals surface area (Å²) in [7, 11) is -6.05. The largest absolute Gasteiger partial charge is 0.517 e. The van der Waals surface area contributed by atoms with E-state index in [0.29, 0.717) is 0 Å². The Morgan fingerprint density at radius 1 is 1.06 bits per heavy atom. The Labute approximate surface area is 186 Å². The molecule has 0 aliphatic heterocycles.